The number of carbonyl (C=O) groups is 2. The lowest BCUT2D eigenvalue weighted by Gasteiger charge is -2.29. The monoisotopic (exact) mass is 548 g/mol. The Balaban J connectivity index is 1.35. The van der Waals surface area contributed by atoms with Gasteiger partial charge in [0.05, 0.1) is 10.4 Å². The SMILES string of the molecule is CN1CCC(NC(=O)c2ccc(C(=O)Nc3n[nH]c4ccc(Cc5cc(F)cc(F)c5)cc34)c([N+](=O)[O-])c2)CC1. The van der Waals surface area contributed by atoms with E-state index < -0.39 is 34.1 Å². The number of halogens is 2. The van der Waals surface area contributed by atoms with Crippen molar-refractivity contribution in [3.05, 3.63) is 98.6 Å². The fourth-order valence-corrected chi connectivity index (χ4v) is 4.83. The molecule has 0 saturated carbocycles. The molecule has 3 aromatic carbocycles. The summed E-state index contributed by atoms with van der Waals surface area (Å²) >= 11 is 0. The molecule has 10 nitrogen and oxygen atoms in total. The molecule has 1 aromatic heterocycles. The van der Waals surface area contributed by atoms with Crippen LogP contribution < -0.4 is 10.6 Å². The Morgan fingerprint density at radius 2 is 1.75 bits per heavy atom. The molecule has 3 N–H and O–H groups in total. The maximum Gasteiger partial charge on any atom is 0.282 e. The van der Waals surface area contributed by atoms with Crippen LogP contribution in [0.1, 0.15) is 44.7 Å². The highest BCUT2D eigenvalue weighted by molar-refractivity contribution is 6.10. The van der Waals surface area contributed by atoms with Crippen LogP contribution >= 0.6 is 0 Å². The summed E-state index contributed by atoms with van der Waals surface area (Å²) in [5.41, 5.74) is 1.07. The van der Waals surface area contributed by atoms with Crippen molar-refractivity contribution >= 4 is 34.2 Å². The van der Waals surface area contributed by atoms with Gasteiger partial charge in [-0.1, -0.05) is 6.07 Å². The minimum absolute atomic E-state index is 0.0245. The second-order valence-corrected chi connectivity index (χ2v) is 9.90. The van der Waals surface area contributed by atoms with Crippen LogP contribution in [0.15, 0.2) is 54.6 Å². The number of hydrogen-bond donors (Lipinski definition) is 3. The van der Waals surface area contributed by atoms with Gasteiger partial charge >= 0.3 is 0 Å². The molecule has 5 rings (SSSR count). The van der Waals surface area contributed by atoms with E-state index in [0.717, 1.165) is 38.1 Å². The third-order valence-corrected chi connectivity index (χ3v) is 6.94. The Hall–Kier alpha value is -4.71. The van der Waals surface area contributed by atoms with Crippen LogP contribution in [0.3, 0.4) is 0 Å². The quantitative estimate of drug-likeness (QED) is 0.231. The van der Waals surface area contributed by atoms with Gasteiger partial charge in [0.25, 0.3) is 17.5 Å². The molecule has 1 aliphatic heterocycles. The molecule has 0 spiro atoms. The molecular formula is C28H26F2N6O4. The van der Waals surface area contributed by atoms with Gasteiger partial charge in [-0.15, -0.1) is 0 Å². The molecule has 0 unspecified atom stereocenters. The summed E-state index contributed by atoms with van der Waals surface area (Å²) in [6.45, 7) is 1.69. The Morgan fingerprint density at radius 3 is 2.45 bits per heavy atom. The van der Waals surface area contributed by atoms with E-state index in [4.69, 9.17) is 0 Å². The van der Waals surface area contributed by atoms with E-state index in [-0.39, 0.29) is 29.4 Å². The number of rotatable bonds is 7. The highest BCUT2D eigenvalue weighted by atomic mass is 19.1. The van der Waals surface area contributed by atoms with E-state index in [2.05, 4.69) is 25.7 Å². The van der Waals surface area contributed by atoms with Gasteiger partial charge in [-0.3, -0.25) is 24.8 Å². The molecular weight excluding hydrogens is 522 g/mol. The van der Waals surface area contributed by atoms with Gasteiger partial charge in [0, 0.05) is 29.1 Å². The molecule has 2 heterocycles. The van der Waals surface area contributed by atoms with E-state index in [9.17, 15) is 28.5 Å². The number of anilines is 1. The number of amides is 2. The van der Waals surface area contributed by atoms with Crippen LogP contribution in [0.5, 0.6) is 0 Å². The number of nitrogens with one attached hydrogen (secondary N) is 3. The van der Waals surface area contributed by atoms with Gasteiger partial charge in [-0.2, -0.15) is 5.10 Å². The summed E-state index contributed by atoms with van der Waals surface area (Å²) in [6.07, 6.45) is 1.79. The van der Waals surface area contributed by atoms with Gasteiger partial charge in [-0.25, -0.2) is 8.78 Å². The lowest BCUT2D eigenvalue weighted by molar-refractivity contribution is -0.385. The number of benzene rings is 3. The lowest BCUT2D eigenvalue weighted by Crippen LogP contribution is -2.43. The van der Waals surface area contributed by atoms with E-state index in [1.54, 1.807) is 18.2 Å². The number of fused-ring (bicyclic) bond motifs is 1. The maximum absolute atomic E-state index is 13.6. The Bertz CT molecular complexity index is 1590. The predicted molar refractivity (Wildman–Crippen MR) is 144 cm³/mol. The molecule has 206 valence electrons. The molecule has 2 amide bonds. The Labute approximate surface area is 227 Å². The standard InChI is InChI=1S/C28H26F2N6O4/c1-35-8-6-21(7-9-35)31-27(37)18-3-4-22(25(14-18)36(39)40)28(38)32-26-23-13-16(2-5-24(23)33-34-26)10-17-11-19(29)15-20(30)12-17/h2-5,11-15,21H,6-10H2,1H3,(H,31,37)(H2,32,33,34,38). The second kappa shape index (κ2) is 11.2. The van der Waals surface area contributed by atoms with Gasteiger partial charge in [0.15, 0.2) is 5.82 Å². The first-order valence-corrected chi connectivity index (χ1v) is 12.7. The van der Waals surface area contributed by atoms with Crippen LogP contribution in [0.25, 0.3) is 10.9 Å². The number of carbonyl (C=O) groups excluding carboxylic acids is 2. The first-order valence-electron chi connectivity index (χ1n) is 12.7. The summed E-state index contributed by atoms with van der Waals surface area (Å²) in [6, 6.07) is 12.1. The van der Waals surface area contributed by atoms with Crippen LogP contribution in [0.2, 0.25) is 0 Å². The number of piperidine rings is 1. The molecule has 0 aliphatic carbocycles. The van der Waals surface area contributed by atoms with Crippen molar-refractivity contribution in [1.82, 2.24) is 20.4 Å². The molecule has 1 fully saturated rings. The number of nitrogens with zero attached hydrogens (tertiary/aromatic N) is 3. The van der Waals surface area contributed by atoms with E-state index >= 15 is 0 Å². The summed E-state index contributed by atoms with van der Waals surface area (Å²) in [4.78, 5) is 39.1. The van der Waals surface area contributed by atoms with Crippen LogP contribution in [0, 0.1) is 21.7 Å². The molecule has 40 heavy (non-hydrogen) atoms. The van der Waals surface area contributed by atoms with Crippen molar-refractivity contribution in [3.8, 4) is 0 Å². The molecule has 0 bridgehead atoms. The van der Waals surface area contributed by atoms with Gasteiger partial charge in [-0.05, 0) is 86.9 Å². The third kappa shape index (κ3) is 5.96. The van der Waals surface area contributed by atoms with Crippen LogP contribution in [0.4, 0.5) is 20.3 Å². The molecule has 0 radical (unpaired) electrons. The van der Waals surface area contributed by atoms with E-state index in [0.29, 0.717) is 22.0 Å². The molecule has 4 aromatic rings. The maximum atomic E-state index is 13.6. The average molecular weight is 549 g/mol. The Kier molecular flexibility index (Phi) is 7.52. The smallest absolute Gasteiger partial charge is 0.282 e. The normalized spacial score (nSPS) is 14.3. The summed E-state index contributed by atoms with van der Waals surface area (Å²) in [5, 5.41) is 24.7. The highest BCUT2D eigenvalue weighted by Crippen LogP contribution is 2.26. The van der Waals surface area contributed by atoms with Crippen molar-refractivity contribution in [2.45, 2.75) is 25.3 Å². The third-order valence-electron chi connectivity index (χ3n) is 6.94. The van der Waals surface area contributed by atoms with Crippen molar-refractivity contribution < 1.29 is 23.3 Å². The van der Waals surface area contributed by atoms with Crippen molar-refractivity contribution in [1.29, 1.82) is 0 Å². The van der Waals surface area contributed by atoms with Crippen molar-refractivity contribution in [2.24, 2.45) is 0 Å². The molecule has 1 aliphatic rings. The summed E-state index contributed by atoms with van der Waals surface area (Å²) in [5.74, 6) is -2.45. The Morgan fingerprint density at radius 1 is 1.02 bits per heavy atom. The number of aromatic nitrogens is 2. The van der Waals surface area contributed by atoms with Crippen LogP contribution in [-0.4, -0.2) is 58.0 Å². The zero-order chi connectivity index (χ0) is 28.4. The highest BCUT2D eigenvalue weighted by Gasteiger charge is 2.25. The fraction of sp³-hybridized carbons (Fsp3) is 0.250. The minimum Gasteiger partial charge on any atom is -0.349 e. The van der Waals surface area contributed by atoms with Gasteiger partial charge in [0.1, 0.15) is 17.2 Å². The topological polar surface area (TPSA) is 133 Å². The average Bonchev–Trinajstić information content (AvgIpc) is 3.30. The van der Waals surface area contributed by atoms with Crippen LogP contribution in [-0.2, 0) is 6.42 Å². The number of nitro groups is 1. The lowest BCUT2D eigenvalue weighted by atomic mass is 10.0. The molecule has 12 heteroatoms. The van der Waals surface area contributed by atoms with E-state index in [1.165, 1.54) is 24.3 Å². The predicted octanol–water partition coefficient (Wildman–Crippen LogP) is 4.42. The number of H-pyrrole nitrogens is 1. The van der Waals surface area contributed by atoms with Crippen molar-refractivity contribution in [2.75, 3.05) is 25.5 Å². The number of nitro benzene ring substituents is 1. The second-order valence-electron chi connectivity index (χ2n) is 9.90. The van der Waals surface area contributed by atoms with Gasteiger partial charge in [0.2, 0.25) is 0 Å². The van der Waals surface area contributed by atoms with Gasteiger partial charge < -0.3 is 15.5 Å². The molecule has 1 saturated heterocycles. The summed E-state index contributed by atoms with van der Waals surface area (Å²) in [7, 11) is 2.01. The molecule has 0 atom stereocenters. The zero-order valence-corrected chi connectivity index (χ0v) is 21.5. The number of likely N-dealkylation sites (tertiary alicyclic amines) is 1. The summed E-state index contributed by atoms with van der Waals surface area (Å²) < 4.78 is 27.2. The number of hydrogen-bond acceptors (Lipinski definition) is 6. The minimum atomic E-state index is -0.778. The fourth-order valence-electron chi connectivity index (χ4n) is 4.83. The van der Waals surface area contributed by atoms with E-state index in [1.807, 2.05) is 7.05 Å². The zero-order valence-electron chi connectivity index (χ0n) is 21.5. The first kappa shape index (κ1) is 26.9. The van der Waals surface area contributed by atoms with Crippen molar-refractivity contribution in [3.63, 3.8) is 0 Å². The number of aromatic amines is 1. The first-order chi connectivity index (χ1) is 19.2. The largest absolute Gasteiger partial charge is 0.349 e.